The fraction of sp³-hybridized carbons (Fsp3) is 0.0667. The van der Waals surface area contributed by atoms with Gasteiger partial charge in [0, 0.05) is 16.1 Å². The van der Waals surface area contributed by atoms with Crippen molar-refractivity contribution in [1.82, 2.24) is 20.0 Å². The van der Waals surface area contributed by atoms with Crippen LogP contribution in [0.1, 0.15) is 0 Å². The molecule has 0 spiro atoms. The fourth-order valence-corrected chi connectivity index (χ4v) is 3.62. The molecule has 23 heavy (non-hydrogen) atoms. The van der Waals surface area contributed by atoms with Gasteiger partial charge in [0.2, 0.25) is 0 Å². The molecule has 0 saturated carbocycles. The lowest BCUT2D eigenvalue weighted by Gasteiger charge is -2.04. The summed E-state index contributed by atoms with van der Waals surface area (Å²) >= 11 is 4.71. The minimum atomic E-state index is -0.209. The van der Waals surface area contributed by atoms with E-state index in [0.717, 1.165) is 14.7 Å². The topological polar surface area (TPSA) is 69.9 Å². The molecule has 3 heterocycles. The molecule has 0 aliphatic rings. The van der Waals surface area contributed by atoms with Crippen molar-refractivity contribution in [2.45, 2.75) is 0 Å². The highest BCUT2D eigenvalue weighted by Crippen LogP contribution is 2.30. The van der Waals surface area contributed by atoms with Crippen LogP contribution in [0.2, 0.25) is 0 Å². The fourth-order valence-electron chi connectivity index (χ4n) is 2.31. The molecule has 8 heteroatoms. The highest BCUT2D eigenvalue weighted by molar-refractivity contribution is 9.10. The van der Waals surface area contributed by atoms with Crippen LogP contribution >= 0.6 is 27.3 Å². The van der Waals surface area contributed by atoms with Gasteiger partial charge in [-0.25, -0.2) is 4.98 Å². The Bertz CT molecular complexity index is 1090. The Morgan fingerprint density at radius 1 is 1.26 bits per heavy atom. The summed E-state index contributed by atoms with van der Waals surface area (Å²) < 4.78 is 7.78. The normalized spacial score (nSPS) is 11.2. The van der Waals surface area contributed by atoms with E-state index >= 15 is 0 Å². The number of aromatic nitrogens is 4. The molecule has 0 saturated heterocycles. The molecule has 6 nitrogen and oxygen atoms in total. The Morgan fingerprint density at radius 3 is 2.78 bits per heavy atom. The largest absolute Gasteiger partial charge is 0.497 e. The number of halogens is 1. The first-order valence-corrected chi connectivity index (χ1v) is 8.26. The molecule has 0 unspecified atom stereocenters. The van der Waals surface area contributed by atoms with Crippen LogP contribution < -0.4 is 10.3 Å². The van der Waals surface area contributed by atoms with E-state index < -0.39 is 0 Å². The maximum Gasteiger partial charge on any atom is 0.292 e. The quantitative estimate of drug-likeness (QED) is 0.527. The highest BCUT2D eigenvalue weighted by atomic mass is 79.9. The molecule has 0 bridgehead atoms. The van der Waals surface area contributed by atoms with Crippen LogP contribution in [0, 0.1) is 0 Å². The van der Waals surface area contributed by atoms with Gasteiger partial charge < -0.3 is 4.74 Å². The molecule has 0 radical (unpaired) electrons. The summed E-state index contributed by atoms with van der Waals surface area (Å²) in [6.45, 7) is 0. The molecule has 0 N–H and O–H groups in total. The third kappa shape index (κ3) is 2.30. The van der Waals surface area contributed by atoms with Crippen LogP contribution in [0.15, 0.2) is 45.8 Å². The zero-order chi connectivity index (χ0) is 16.0. The Labute approximate surface area is 142 Å². The van der Waals surface area contributed by atoms with Gasteiger partial charge >= 0.3 is 0 Å². The van der Waals surface area contributed by atoms with Gasteiger partial charge in [0.05, 0.1) is 12.8 Å². The Morgan fingerprint density at radius 2 is 2.04 bits per heavy atom. The van der Waals surface area contributed by atoms with Gasteiger partial charge in [-0.3, -0.25) is 4.79 Å². The second-order valence-corrected chi connectivity index (χ2v) is 6.71. The summed E-state index contributed by atoms with van der Waals surface area (Å²) in [5.74, 6) is 0.715. The lowest BCUT2D eigenvalue weighted by atomic mass is 10.3. The van der Waals surface area contributed by atoms with Crippen LogP contribution in [-0.4, -0.2) is 27.1 Å². The molecule has 114 valence electrons. The summed E-state index contributed by atoms with van der Waals surface area (Å²) in [5, 5.41) is 9.11. The predicted molar refractivity (Wildman–Crippen MR) is 92.6 cm³/mol. The molecule has 4 aromatic rings. The number of rotatable bonds is 2. The lowest BCUT2D eigenvalue weighted by molar-refractivity contribution is 0.414. The van der Waals surface area contributed by atoms with Crippen molar-refractivity contribution in [2.75, 3.05) is 7.11 Å². The van der Waals surface area contributed by atoms with Crippen molar-refractivity contribution in [1.29, 1.82) is 0 Å². The van der Waals surface area contributed by atoms with Crippen LogP contribution in [-0.2, 0) is 0 Å². The van der Waals surface area contributed by atoms with E-state index in [1.165, 1.54) is 16.0 Å². The first kappa shape index (κ1) is 14.3. The van der Waals surface area contributed by atoms with Gasteiger partial charge in [-0.05, 0) is 46.3 Å². The number of fused-ring (bicyclic) bond motifs is 3. The van der Waals surface area contributed by atoms with Crippen molar-refractivity contribution >= 4 is 47.7 Å². The van der Waals surface area contributed by atoms with Gasteiger partial charge in [-0.2, -0.15) is 4.68 Å². The summed E-state index contributed by atoms with van der Waals surface area (Å²) in [6.07, 6.45) is 1.70. The van der Waals surface area contributed by atoms with Crippen molar-refractivity contribution in [3.63, 3.8) is 0 Å². The van der Waals surface area contributed by atoms with Gasteiger partial charge in [0.1, 0.15) is 20.8 Å². The standard InChI is InChI=1S/C15H9BrN4O2S/c1-22-10-4-2-9(3-5-10)20-15(21)13-12(18-19-20)11-6-8(16)7-17-14(11)23-13/h2-7H,1H3. The number of methoxy groups -OCH3 is 1. The number of thiophene rings is 1. The number of hydrogen-bond donors (Lipinski definition) is 0. The molecule has 4 rings (SSSR count). The average Bonchev–Trinajstić information content (AvgIpc) is 2.94. The number of benzene rings is 1. The zero-order valence-corrected chi connectivity index (χ0v) is 14.3. The van der Waals surface area contributed by atoms with Crippen LogP contribution in [0.4, 0.5) is 0 Å². The highest BCUT2D eigenvalue weighted by Gasteiger charge is 2.14. The van der Waals surface area contributed by atoms with Gasteiger partial charge in [0.25, 0.3) is 5.56 Å². The first-order chi connectivity index (χ1) is 11.2. The van der Waals surface area contributed by atoms with E-state index in [9.17, 15) is 4.79 Å². The summed E-state index contributed by atoms with van der Waals surface area (Å²) in [6, 6.07) is 8.98. The SMILES string of the molecule is COc1ccc(-n2nnc3c(sc4ncc(Br)cc43)c2=O)cc1. The monoisotopic (exact) mass is 388 g/mol. The number of ether oxygens (including phenoxy) is 1. The maximum absolute atomic E-state index is 12.7. The number of pyridine rings is 1. The van der Waals surface area contributed by atoms with Gasteiger partial charge in [0.15, 0.2) is 0 Å². The van der Waals surface area contributed by atoms with Crippen LogP contribution in [0.25, 0.3) is 26.1 Å². The van der Waals surface area contributed by atoms with Gasteiger partial charge in [-0.1, -0.05) is 5.21 Å². The molecule has 0 fully saturated rings. The Hall–Kier alpha value is -2.32. The van der Waals surface area contributed by atoms with Crippen molar-refractivity contribution in [2.24, 2.45) is 0 Å². The molecule has 0 amide bonds. The minimum Gasteiger partial charge on any atom is -0.497 e. The zero-order valence-electron chi connectivity index (χ0n) is 11.9. The Kier molecular flexibility index (Phi) is 3.35. The van der Waals surface area contributed by atoms with E-state index in [4.69, 9.17) is 4.74 Å². The van der Waals surface area contributed by atoms with Crippen LogP contribution in [0.5, 0.6) is 5.75 Å². The molecular formula is C15H9BrN4O2S. The molecular weight excluding hydrogens is 380 g/mol. The minimum absolute atomic E-state index is 0.209. The second-order valence-electron chi connectivity index (χ2n) is 4.79. The molecule has 3 aromatic heterocycles. The smallest absolute Gasteiger partial charge is 0.292 e. The molecule has 0 atom stereocenters. The van der Waals surface area contributed by atoms with E-state index in [2.05, 4.69) is 31.2 Å². The predicted octanol–water partition coefficient (Wildman–Crippen LogP) is 3.16. The first-order valence-electron chi connectivity index (χ1n) is 6.65. The average molecular weight is 389 g/mol. The van der Waals surface area contributed by atoms with Crippen molar-refractivity contribution in [3.8, 4) is 11.4 Å². The summed E-state index contributed by atoms with van der Waals surface area (Å²) in [4.78, 5) is 17.8. The number of nitrogens with zero attached hydrogens (tertiary/aromatic N) is 4. The van der Waals surface area contributed by atoms with Gasteiger partial charge in [-0.15, -0.1) is 16.4 Å². The Balaban J connectivity index is 1.97. The third-order valence-electron chi connectivity index (χ3n) is 3.42. The van der Waals surface area contributed by atoms with E-state index in [1.807, 2.05) is 6.07 Å². The summed E-state index contributed by atoms with van der Waals surface area (Å²) in [7, 11) is 1.59. The van der Waals surface area contributed by atoms with E-state index in [1.54, 1.807) is 37.6 Å². The molecule has 0 aliphatic carbocycles. The summed E-state index contributed by atoms with van der Waals surface area (Å²) in [5.41, 5.74) is 1.00. The van der Waals surface area contributed by atoms with Crippen LogP contribution in [0.3, 0.4) is 0 Å². The molecule has 1 aromatic carbocycles. The van der Waals surface area contributed by atoms with E-state index in [0.29, 0.717) is 21.7 Å². The van der Waals surface area contributed by atoms with E-state index in [-0.39, 0.29) is 5.56 Å². The molecule has 0 aliphatic heterocycles. The third-order valence-corrected chi connectivity index (χ3v) is 4.95. The second kappa shape index (κ2) is 5.39. The number of hydrogen-bond acceptors (Lipinski definition) is 6. The van der Waals surface area contributed by atoms with Crippen molar-refractivity contribution < 1.29 is 4.74 Å². The lowest BCUT2D eigenvalue weighted by Crippen LogP contribution is -2.21. The maximum atomic E-state index is 12.7. The van der Waals surface area contributed by atoms with Crippen molar-refractivity contribution in [3.05, 3.63) is 51.4 Å².